The normalized spacial score (nSPS) is 24.4. The van der Waals surface area contributed by atoms with Gasteiger partial charge in [0, 0.05) is 39.3 Å². The van der Waals surface area contributed by atoms with Crippen LogP contribution < -0.4 is 4.74 Å². The van der Waals surface area contributed by atoms with Crippen molar-refractivity contribution in [3.8, 4) is 5.75 Å². The molecule has 0 radical (unpaired) electrons. The van der Waals surface area contributed by atoms with Gasteiger partial charge in [-0.2, -0.15) is 4.31 Å². The van der Waals surface area contributed by atoms with Gasteiger partial charge in [-0.05, 0) is 45.0 Å². The van der Waals surface area contributed by atoms with Crippen molar-refractivity contribution in [2.45, 2.75) is 37.9 Å². The number of ether oxygens (including phenoxy) is 2. The summed E-state index contributed by atoms with van der Waals surface area (Å²) in [6.07, 6.45) is 0.0811. The molecule has 2 saturated heterocycles. The number of rotatable bonds is 6. The van der Waals surface area contributed by atoms with E-state index in [2.05, 4.69) is 0 Å². The fraction of sp³-hybridized carbons (Fsp3) is 0.650. The molecule has 9 heteroatoms. The van der Waals surface area contributed by atoms with E-state index in [-0.39, 0.29) is 23.0 Å². The first-order chi connectivity index (χ1) is 13.8. The highest BCUT2D eigenvalue weighted by atomic mass is 32.2. The average Bonchev–Trinajstić information content (AvgIpc) is 2.68. The molecule has 8 nitrogen and oxygen atoms in total. The second kappa shape index (κ2) is 9.42. The molecule has 29 heavy (non-hydrogen) atoms. The Kier molecular flexibility index (Phi) is 7.15. The molecular formula is C20H31N3O5S. The number of hydrogen-bond acceptors (Lipinski definition) is 6. The van der Waals surface area contributed by atoms with Gasteiger partial charge in [0.15, 0.2) is 0 Å². The second-order valence-electron chi connectivity index (χ2n) is 7.64. The molecule has 2 atom stereocenters. The molecule has 0 saturated carbocycles. The van der Waals surface area contributed by atoms with E-state index in [4.69, 9.17) is 9.47 Å². The third-order valence-electron chi connectivity index (χ3n) is 5.23. The summed E-state index contributed by atoms with van der Waals surface area (Å²) in [5, 5.41) is 0. The number of benzene rings is 1. The van der Waals surface area contributed by atoms with Gasteiger partial charge in [0.25, 0.3) is 0 Å². The minimum atomic E-state index is -3.54. The molecule has 0 aromatic heterocycles. The maximum atomic E-state index is 12.9. The Bertz CT molecular complexity index is 781. The van der Waals surface area contributed by atoms with Crippen molar-refractivity contribution in [2.75, 3.05) is 52.4 Å². The van der Waals surface area contributed by atoms with Crippen molar-refractivity contribution in [2.24, 2.45) is 0 Å². The Morgan fingerprint density at radius 1 is 1.07 bits per heavy atom. The second-order valence-corrected chi connectivity index (χ2v) is 9.58. The molecule has 1 aromatic rings. The summed E-state index contributed by atoms with van der Waals surface area (Å²) < 4.78 is 38.3. The van der Waals surface area contributed by atoms with Crippen molar-refractivity contribution >= 4 is 15.9 Å². The predicted molar refractivity (Wildman–Crippen MR) is 109 cm³/mol. The third kappa shape index (κ3) is 5.48. The Morgan fingerprint density at radius 2 is 1.66 bits per heavy atom. The number of carbonyl (C=O) groups excluding carboxylic acids is 1. The Balaban J connectivity index is 1.53. The SMILES string of the molecule is CCOc1ccc(S(=O)(=O)N2CCN(CC(=O)N3C[C@@H](C)O[C@H](C)C3)CC2)cc1. The molecule has 0 aliphatic carbocycles. The number of amides is 1. The van der Waals surface area contributed by atoms with Crippen LogP contribution in [0.4, 0.5) is 0 Å². The molecule has 2 aliphatic heterocycles. The van der Waals surface area contributed by atoms with Crippen molar-refractivity contribution < 1.29 is 22.7 Å². The first-order valence-corrected chi connectivity index (χ1v) is 11.6. The Hall–Kier alpha value is -1.68. The number of carbonyl (C=O) groups is 1. The third-order valence-corrected chi connectivity index (χ3v) is 7.15. The van der Waals surface area contributed by atoms with Crippen LogP contribution in [0.1, 0.15) is 20.8 Å². The molecule has 1 amide bonds. The maximum absolute atomic E-state index is 12.9. The van der Waals surface area contributed by atoms with Gasteiger partial charge < -0.3 is 14.4 Å². The molecule has 0 N–H and O–H groups in total. The lowest BCUT2D eigenvalue weighted by Gasteiger charge is -2.38. The van der Waals surface area contributed by atoms with E-state index in [1.807, 2.05) is 30.6 Å². The lowest BCUT2D eigenvalue weighted by atomic mass is 10.2. The lowest BCUT2D eigenvalue weighted by Crippen LogP contribution is -2.54. The molecule has 162 valence electrons. The van der Waals surface area contributed by atoms with Gasteiger partial charge in [-0.1, -0.05) is 0 Å². The number of sulfonamides is 1. The zero-order valence-corrected chi connectivity index (χ0v) is 18.2. The van der Waals surface area contributed by atoms with Gasteiger partial charge in [0.05, 0.1) is 30.3 Å². The first-order valence-electron chi connectivity index (χ1n) is 10.2. The molecule has 2 aliphatic rings. The molecule has 1 aromatic carbocycles. The van der Waals surface area contributed by atoms with Crippen LogP contribution in [0.15, 0.2) is 29.2 Å². The molecule has 2 fully saturated rings. The van der Waals surface area contributed by atoms with Gasteiger partial charge in [0.1, 0.15) is 5.75 Å². The summed E-state index contributed by atoms with van der Waals surface area (Å²) in [6, 6.07) is 6.51. The molecule has 0 bridgehead atoms. The number of morpholine rings is 1. The Morgan fingerprint density at radius 3 is 2.21 bits per heavy atom. The van der Waals surface area contributed by atoms with E-state index in [0.717, 1.165) is 0 Å². The summed E-state index contributed by atoms with van der Waals surface area (Å²) in [5.41, 5.74) is 0. The van der Waals surface area contributed by atoms with Crippen LogP contribution in [0.2, 0.25) is 0 Å². The van der Waals surface area contributed by atoms with Crippen LogP contribution in [0, 0.1) is 0 Å². The van der Waals surface area contributed by atoms with Crippen LogP contribution in [-0.2, 0) is 19.6 Å². The largest absolute Gasteiger partial charge is 0.494 e. The topological polar surface area (TPSA) is 79.4 Å². The summed E-state index contributed by atoms with van der Waals surface area (Å²) >= 11 is 0. The number of hydrogen-bond donors (Lipinski definition) is 0. The zero-order valence-electron chi connectivity index (χ0n) is 17.4. The van der Waals surface area contributed by atoms with Crippen molar-refractivity contribution in [3.63, 3.8) is 0 Å². The zero-order chi connectivity index (χ0) is 21.0. The van der Waals surface area contributed by atoms with Crippen molar-refractivity contribution in [1.29, 1.82) is 0 Å². The van der Waals surface area contributed by atoms with E-state index in [9.17, 15) is 13.2 Å². The average molecular weight is 426 g/mol. The van der Waals surface area contributed by atoms with Gasteiger partial charge in [-0.3, -0.25) is 9.69 Å². The minimum absolute atomic E-state index is 0.0406. The van der Waals surface area contributed by atoms with Gasteiger partial charge in [0.2, 0.25) is 15.9 Å². The summed E-state index contributed by atoms with van der Waals surface area (Å²) in [6.45, 7) is 9.72. The van der Waals surface area contributed by atoms with Gasteiger partial charge >= 0.3 is 0 Å². The van der Waals surface area contributed by atoms with E-state index in [0.29, 0.717) is 58.2 Å². The van der Waals surface area contributed by atoms with Crippen LogP contribution in [0.25, 0.3) is 0 Å². The van der Waals surface area contributed by atoms with Gasteiger partial charge in [-0.25, -0.2) is 8.42 Å². The standard InChI is InChI=1S/C20H31N3O5S/c1-4-27-18-5-7-19(8-6-18)29(25,26)23-11-9-21(10-12-23)15-20(24)22-13-16(2)28-17(3)14-22/h5-8,16-17H,4,9-15H2,1-3H3/t16-,17-/m1/s1. The summed E-state index contributed by atoms with van der Waals surface area (Å²) in [7, 11) is -3.54. The monoisotopic (exact) mass is 425 g/mol. The van der Waals surface area contributed by atoms with Crippen LogP contribution >= 0.6 is 0 Å². The minimum Gasteiger partial charge on any atom is -0.494 e. The van der Waals surface area contributed by atoms with E-state index in [1.54, 1.807) is 24.3 Å². The van der Waals surface area contributed by atoms with E-state index in [1.165, 1.54) is 4.31 Å². The fourth-order valence-corrected chi connectivity index (χ4v) is 5.25. The van der Waals surface area contributed by atoms with Crippen molar-refractivity contribution in [3.05, 3.63) is 24.3 Å². The molecule has 0 spiro atoms. The lowest BCUT2D eigenvalue weighted by molar-refractivity contribution is -0.144. The van der Waals surface area contributed by atoms with Crippen molar-refractivity contribution in [1.82, 2.24) is 14.1 Å². The molecule has 3 rings (SSSR count). The van der Waals surface area contributed by atoms with E-state index >= 15 is 0 Å². The highest BCUT2D eigenvalue weighted by Crippen LogP contribution is 2.21. The number of piperazine rings is 1. The fourth-order valence-electron chi connectivity index (χ4n) is 3.82. The highest BCUT2D eigenvalue weighted by Gasteiger charge is 2.31. The quantitative estimate of drug-likeness (QED) is 0.677. The van der Waals surface area contributed by atoms with Crippen LogP contribution in [-0.4, -0.2) is 93.1 Å². The summed E-state index contributed by atoms with van der Waals surface area (Å²) in [4.78, 5) is 16.8. The first kappa shape index (κ1) is 22.0. The molecule has 2 heterocycles. The highest BCUT2D eigenvalue weighted by molar-refractivity contribution is 7.89. The van der Waals surface area contributed by atoms with E-state index < -0.39 is 10.0 Å². The maximum Gasteiger partial charge on any atom is 0.243 e. The van der Waals surface area contributed by atoms with Crippen LogP contribution in [0.3, 0.4) is 0 Å². The Labute approximate surface area is 173 Å². The molecule has 0 unspecified atom stereocenters. The smallest absolute Gasteiger partial charge is 0.243 e. The summed E-state index contributed by atoms with van der Waals surface area (Å²) in [5.74, 6) is 0.733. The predicted octanol–water partition coefficient (Wildman–Crippen LogP) is 1.03. The molecular weight excluding hydrogens is 394 g/mol. The number of nitrogens with zero attached hydrogens (tertiary/aromatic N) is 3. The van der Waals surface area contributed by atoms with Gasteiger partial charge in [-0.15, -0.1) is 0 Å². The van der Waals surface area contributed by atoms with Crippen LogP contribution in [0.5, 0.6) is 5.75 Å².